The van der Waals surface area contributed by atoms with Gasteiger partial charge in [-0.05, 0) is 49.9 Å². The van der Waals surface area contributed by atoms with Crippen LogP contribution in [-0.4, -0.2) is 34.2 Å². The van der Waals surface area contributed by atoms with Crippen molar-refractivity contribution in [1.82, 2.24) is 15.1 Å². The van der Waals surface area contributed by atoms with Gasteiger partial charge in [-0.1, -0.05) is 65.4 Å². The number of halogens is 2. The number of nitrogens with zero attached hydrogens (tertiary/aromatic N) is 3. The smallest absolute Gasteiger partial charge is 0.147 e. The van der Waals surface area contributed by atoms with Crippen LogP contribution in [0.15, 0.2) is 54.6 Å². The summed E-state index contributed by atoms with van der Waals surface area (Å²) in [4.78, 5) is 2.58. The van der Waals surface area contributed by atoms with Crippen LogP contribution >= 0.6 is 35.3 Å². The third-order valence-electron chi connectivity index (χ3n) is 6.31. The van der Waals surface area contributed by atoms with Gasteiger partial charge in [-0.25, -0.2) is 0 Å². The predicted octanol–water partition coefficient (Wildman–Crippen LogP) is 6.01. The van der Waals surface area contributed by atoms with Crippen LogP contribution < -0.4 is 0 Å². The number of likely N-dealkylation sites (N-methyl/N-ethyl adjacent to an activating group) is 1. The third-order valence-corrected chi connectivity index (χ3v) is 7.64. The third kappa shape index (κ3) is 3.48. The number of rotatable bonds is 3. The van der Waals surface area contributed by atoms with Gasteiger partial charge in [0.15, 0.2) is 0 Å². The lowest BCUT2D eigenvalue weighted by molar-refractivity contribution is 0.137. The first kappa shape index (κ1) is 19.8. The van der Waals surface area contributed by atoms with Crippen molar-refractivity contribution < 1.29 is 0 Å². The van der Waals surface area contributed by atoms with E-state index in [9.17, 15) is 0 Å². The Morgan fingerprint density at radius 3 is 2.50 bits per heavy atom. The summed E-state index contributed by atoms with van der Waals surface area (Å²) in [5, 5.41) is 12.2. The molecule has 6 heteroatoms. The van der Waals surface area contributed by atoms with Gasteiger partial charge in [0, 0.05) is 28.6 Å². The number of aromatic nitrogens is 2. The number of hydrogen-bond donors (Lipinski definition) is 0. The molecule has 2 aromatic carbocycles. The summed E-state index contributed by atoms with van der Waals surface area (Å²) in [7, 11) is 2.28. The Kier molecular flexibility index (Phi) is 5.75. The van der Waals surface area contributed by atoms with Crippen LogP contribution in [0.3, 0.4) is 0 Å². The Bertz CT molecular complexity index is 928. The normalized spacial score (nSPS) is 26.8. The van der Waals surface area contributed by atoms with E-state index in [1.807, 2.05) is 18.2 Å². The van der Waals surface area contributed by atoms with Crippen molar-refractivity contribution in [3.63, 3.8) is 0 Å². The number of fused-ring (bicyclic) bond motifs is 2. The molecule has 0 N–H and O–H groups in total. The van der Waals surface area contributed by atoms with E-state index >= 15 is 0 Å². The molecule has 5 rings (SSSR count). The van der Waals surface area contributed by atoms with Crippen molar-refractivity contribution in [3.05, 3.63) is 70.2 Å². The molecule has 3 heterocycles. The predicted molar refractivity (Wildman–Crippen MR) is 119 cm³/mol. The number of piperidine rings is 1. The van der Waals surface area contributed by atoms with Gasteiger partial charge in [-0.3, -0.25) is 4.90 Å². The van der Waals surface area contributed by atoms with Crippen molar-refractivity contribution in [1.29, 1.82) is 0 Å². The fourth-order valence-corrected chi connectivity index (χ4v) is 6.12. The molecule has 28 heavy (non-hydrogen) atoms. The number of benzene rings is 2. The van der Waals surface area contributed by atoms with Gasteiger partial charge >= 0.3 is 0 Å². The summed E-state index contributed by atoms with van der Waals surface area (Å²) in [6.07, 6.45) is 3.71. The van der Waals surface area contributed by atoms with Crippen LogP contribution in [-0.2, 0) is 0 Å². The molecule has 0 amide bonds. The van der Waals surface area contributed by atoms with Gasteiger partial charge in [0.25, 0.3) is 0 Å². The van der Waals surface area contributed by atoms with Gasteiger partial charge in [-0.15, -0.1) is 22.6 Å². The summed E-state index contributed by atoms with van der Waals surface area (Å²) in [6.45, 7) is 0. The zero-order chi connectivity index (χ0) is 18.4. The molecule has 0 aliphatic carbocycles. The topological polar surface area (TPSA) is 29.0 Å². The summed E-state index contributed by atoms with van der Waals surface area (Å²) in [5.41, 5.74) is 2.53. The standard InChI is InChI=1S/C22H22ClN3S.ClH/c1-26-17-11-12-19(26)20(18(13-17)14-7-9-16(23)10-8-14)22-25-24-21(27-22)15-5-3-2-4-6-15;/h2-10,17-20H,11-13H2,1H3;1H/t17-,18-,19?,20?;/m1./s1. The van der Waals surface area contributed by atoms with Crippen LogP contribution in [0.5, 0.6) is 0 Å². The second-order valence-electron chi connectivity index (χ2n) is 7.69. The molecule has 2 saturated heterocycles. The highest BCUT2D eigenvalue weighted by Gasteiger charge is 2.47. The van der Waals surface area contributed by atoms with Gasteiger partial charge in [0.2, 0.25) is 0 Å². The van der Waals surface area contributed by atoms with Crippen LogP contribution in [0.2, 0.25) is 5.02 Å². The summed E-state index contributed by atoms with van der Waals surface area (Å²) < 4.78 is 0. The van der Waals surface area contributed by atoms with Crippen LogP contribution in [0.4, 0.5) is 0 Å². The molecular weight excluding hydrogens is 409 g/mol. The van der Waals surface area contributed by atoms with E-state index in [-0.39, 0.29) is 12.4 Å². The second kappa shape index (κ2) is 8.11. The van der Waals surface area contributed by atoms with E-state index in [4.69, 9.17) is 11.6 Å². The average molecular weight is 432 g/mol. The highest BCUT2D eigenvalue weighted by atomic mass is 35.5. The SMILES string of the molecule is CN1C2CC[C@@H]1C[C@H](c1ccc(Cl)cc1)C2c1nnc(-c2ccccc2)s1.Cl. The molecule has 2 aliphatic rings. The van der Waals surface area contributed by atoms with Crippen molar-refractivity contribution >= 4 is 35.3 Å². The van der Waals surface area contributed by atoms with Gasteiger partial charge < -0.3 is 0 Å². The lowest BCUT2D eigenvalue weighted by Gasteiger charge is -2.42. The van der Waals surface area contributed by atoms with E-state index in [2.05, 4.69) is 58.5 Å². The van der Waals surface area contributed by atoms with Crippen molar-refractivity contribution in [2.24, 2.45) is 0 Å². The molecule has 146 valence electrons. The van der Waals surface area contributed by atoms with E-state index < -0.39 is 0 Å². The maximum Gasteiger partial charge on any atom is 0.147 e. The van der Waals surface area contributed by atoms with Crippen molar-refractivity contribution in [3.8, 4) is 10.6 Å². The van der Waals surface area contributed by atoms with E-state index in [1.165, 1.54) is 29.8 Å². The molecule has 2 bridgehead atoms. The number of hydrogen-bond acceptors (Lipinski definition) is 4. The van der Waals surface area contributed by atoms with E-state index in [1.54, 1.807) is 11.3 Å². The van der Waals surface area contributed by atoms with Gasteiger partial charge in [0.05, 0.1) is 0 Å². The highest BCUT2D eigenvalue weighted by molar-refractivity contribution is 7.14. The zero-order valence-electron chi connectivity index (χ0n) is 15.7. The van der Waals surface area contributed by atoms with Crippen LogP contribution in [0.25, 0.3) is 10.6 Å². The van der Waals surface area contributed by atoms with E-state index in [0.29, 0.717) is 23.9 Å². The fraction of sp³-hybridized carbons (Fsp3) is 0.364. The van der Waals surface area contributed by atoms with E-state index in [0.717, 1.165) is 15.6 Å². The molecule has 2 fully saturated rings. The minimum Gasteiger partial charge on any atom is -0.300 e. The zero-order valence-corrected chi connectivity index (χ0v) is 18.1. The Labute approximate surface area is 181 Å². The molecule has 0 saturated carbocycles. The molecule has 2 aliphatic heterocycles. The van der Waals surface area contributed by atoms with Crippen LogP contribution in [0, 0.1) is 0 Å². The van der Waals surface area contributed by atoms with Crippen LogP contribution in [0.1, 0.15) is 41.7 Å². The maximum atomic E-state index is 6.14. The maximum absolute atomic E-state index is 6.14. The molecule has 3 nitrogen and oxygen atoms in total. The molecule has 0 spiro atoms. The lowest BCUT2D eigenvalue weighted by atomic mass is 9.76. The van der Waals surface area contributed by atoms with Gasteiger partial charge in [0.1, 0.15) is 10.0 Å². The van der Waals surface area contributed by atoms with Crippen molar-refractivity contribution in [2.45, 2.75) is 43.2 Å². The first-order valence-corrected chi connectivity index (χ1v) is 10.8. The quantitative estimate of drug-likeness (QED) is 0.507. The first-order valence-electron chi connectivity index (χ1n) is 9.57. The largest absolute Gasteiger partial charge is 0.300 e. The Balaban J connectivity index is 0.00000192. The molecule has 1 aromatic heterocycles. The molecule has 2 unspecified atom stereocenters. The highest BCUT2D eigenvalue weighted by Crippen LogP contribution is 2.51. The molecule has 4 atom stereocenters. The second-order valence-corrected chi connectivity index (χ2v) is 9.14. The molecular formula is C22H23Cl2N3S. The van der Waals surface area contributed by atoms with Crippen molar-refractivity contribution in [2.75, 3.05) is 7.05 Å². The summed E-state index contributed by atoms with van der Waals surface area (Å²) in [6, 6.07) is 20.0. The minimum absolute atomic E-state index is 0. The molecule has 0 radical (unpaired) electrons. The Morgan fingerprint density at radius 2 is 1.75 bits per heavy atom. The fourth-order valence-electron chi connectivity index (χ4n) is 4.92. The first-order chi connectivity index (χ1) is 13.2. The summed E-state index contributed by atoms with van der Waals surface area (Å²) in [5.74, 6) is 0.873. The lowest BCUT2D eigenvalue weighted by Crippen LogP contribution is -2.44. The molecule has 3 aromatic rings. The average Bonchev–Trinajstić information content (AvgIpc) is 3.26. The minimum atomic E-state index is 0. The summed E-state index contributed by atoms with van der Waals surface area (Å²) >= 11 is 7.90. The Morgan fingerprint density at radius 1 is 1.00 bits per heavy atom. The monoisotopic (exact) mass is 431 g/mol. The van der Waals surface area contributed by atoms with Gasteiger partial charge in [-0.2, -0.15) is 0 Å². The Hall–Kier alpha value is -1.46.